The largest absolute Gasteiger partial charge is 0.490 e. The van der Waals surface area contributed by atoms with Crippen LogP contribution in [-0.2, 0) is 0 Å². The summed E-state index contributed by atoms with van der Waals surface area (Å²) in [4.78, 5) is 0. The van der Waals surface area contributed by atoms with E-state index in [1.165, 1.54) is 5.56 Å². The molecule has 0 amide bonds. The third-order valence-corrected chi connectivity index (χ3v) is 2.39. The number of hydrogen-bond acceptors (Lipinski definition) is 2. The SMILES string of the molecule is CCCC(CCN)Oc1cccc(C)c1. The maximum atomic E-state index is 5.90. The molecular formula is C13H21NO. The lowest BCUT2D eigenvalue weighted by Crippen LogP contribution is -2.20. The van der Waals surface area contributed by atoms with Crippen LogP contribution in [0.15, 0.2) is 24.3 Å². The topological polar surface area (TPSA) is 35.2 Å². The minimum Gasteiger partial charge on any atom is -0.490 e. The van der Waals surface area contributed by atoms with Crippen LogP contribution >= 0.6 is 0 Å². The molecule has 0 aromatic heterocycles. The molecule has 0 saturated carbocycles. The first-order chi connectivity index (χ1) is 7.26. The number of ether oxygens (including phenoxy) is 1. The Morgan fingerprint density at radius 1 is 1.33 bits per heavy atom. The molecule has 0 aliphatic heterocycles. The second kappa shape index (κ2) is 6.46. The molecule has 0 fully saturated rings. The summed E-state index contributed by atoms with van der Waals surface area (Å²) in [5, 5.41) is 0. The summed E-state index contributed by atoms with van der Waals surface area (Å²) in [7, 11) is 0. The standard InChI is InChI=1S/C13H21NO/c1-3-5-12(8-9-14)15-13-7-4-6-11(2)10-13/h4,6-7,10,12H,3,5,8-9,14H2,1-2H3. The van der Waals surface area contributed by atoms with Crippen LogP contribution < -0.4 is 10.5 Å². The average molecular weight is 207 g/mol. The quantitative estimate of drug-likeness (QED) is 0.778. The van der Waals surface area contributed by atoms with Gasteiger partial charge in [0, 0.05) is 0 Å². The van der Waals surface area contributed by atoms with Crippen molar-refractivity contribution < 1.29 is 4.74 Å². The summed E-state index contributed by atoms with van der Waals surface area (Å²) in [6, 6.07) is 8.17. The molecule has 1 unspecified atom stereocenters. The average Bonchev–Trinajstić information content (AvgIpc) is 2.18. The number of nitrogens with two attached hydrogens (primary N) is 1. The predicted molar refractivity (Wildman–Crippen MR) is 64.2 cm³/mol. The summed E-state index contributed by atoms with van der Waals surface area (Å²) in [5.41, 5.74) is 6.80. The molecule has 1 atom stereocenters. The molecular weight excluding hydrogens is 186 g/mol. The molecule has 15 heavy (non-hydrogen) atoms. The van der Waals surface area contributed by atoms with Crippen molar-refractivity contribution in [2.75, 3.05) is 6.54 Å². The fourth-order valence-electron chi connectivity index (χ4n) is 1.65. The molecule has 2 N–H and O–H groups in total. The lowest BCUT2D eigenvalue weighted by molar-refractivity contribution is 0.182. The zero-order valence-corrected chi connectivity index (χ0v) is 9.70. The second-order valence-corrected chi connectivity index (χ2v) is 3.92. The van der Waals surface area contributed by atoms with Crippen LogP contribution in [0.1, 0.15) is 31.7 Å². The van der Waals surface area contributed by atoms with Gasteiger partial charge >= 0.3 is 0 Å². The van der Waals surface area contributed by atoms with E-state index in [2.05, 4.69) is 26.0 Å². The van der Waals surface area contributed by atoms with E-state index in [4.69, 9.17) is 10.5 Å². The maximum absolute atomic E-state index is 5.90. The molecule has 84 valence electrons. The molecule has 1 aromatic rings. The van der Waals surface area contributed by atoms with Gasteiger partial charge in [-0.1, -0.05) is 25.5 Å². The Morgan fingerprint density at radius 2 is 2.13 bits per heavy atom. The minimum atomic E-state index is 0.266. The van der Waals surface area contributed by atoms with E-state index < -0.39 is 0 Å². The van der Waals surface area contributed by atoms with Crippen molar-refractivity contribution in [3.05, 3.63) is 29.8 Å². The van der Waals surface area contributed by atoms with Gasteiger partial charge in [0.15, 0.2) is 0 Å². The van der Waals surface area contributed by atoms with Crippen molar-refractivity contribution in [2.24, 2.45) is 5.73 Å². The lowest BCUT2D eigenvalue weighted by Gasteiger charge is -2.18. The molecule has 0 bridgehead atoms. The van der Waals surface area contributed by atoms with Gasteiger partial charge in [0.1, 0.15) is 5.75 Å². The van der Waals surface area contributed by atoms with E-state index in [9.17, 15) is 0 Å². The number of aryl methyl sites for hydroxylation is 1. The van der Waals surface area contributed by atoms with Crippen LogP contribution in [-0.4, -0.2) is 12.6 Å². The fraction of sp³-hybridized carbons (Fsp3) is 0.538. The Bertz CT molecular complexity index is 280. The van der Waals surface area contributed by atoms with E-state index in [0.717, 1.165) is 25.0 Å². The van der Waals surface area contributed by atoms with Crippen LogP contribution in [0.3, 0.4) is 0 Å². The molecule has 0 aliphatic carbocycles. The van der Waals surface area contributed by atoms with Gasteiger partial charge in [-0.3, -0.25) is 0 Å². The zero-order valence-electron chi connectivity index (χ0n) is 9.70. The molecule has 0 radical (unpaired) electrons. The third-order valence-electron chi connectivity index (χ3n) is 2.39. The molecule has 0 aliphatic rings. The Hall–Kier alpha value is -1.02. The van der Waals surface area contributed by atoms with Crippen molar-refractivity contribution in [1.29, 1.82) is 0 Å². The summed E-state index contributed by atoms with van der Waals surface area (Å²) < 4.78 is 5.90. The summed E-state index contributed by atoms with van der Waals surface area (Å²) >= 11 is 0. The van der Waals surface area contributed by atoms with Crippen molar-refractivity contribution in [1.82, 2.24) is 0 Å². The minimum absolute atomic E-state index is 0.266. The van der Waals surface area contributed by atoms with Gasteiger partial charge in [-0.25, -0.2) is 0 Å². The molecule has 0 spiro atoms. The second-order valence-electron chi connectivity index (χ2n) is 3.92. The van der Waals surface area contributed by atoms with Gasteiger partial charge in [-0.2, -0.15) is 0 Å². The molecule has 2 nitrogen and oxygen atoms in total. The Kier molecular flexibility index (Phi) is 5.19. The van der Waals surface area contributed by atoms with Crippen molar-refractivity contribution in [2.45, 2.75) is 39.2 Å². The van der Waals surface area contributed by atoms with Crippen LogP contribution in [0.5, 0.6) is 5.75 Å². The normalized spacial score (nSPS) is 12.5. The molecule has 0 saturated heterocycles. The fourth-order valence-corrected chi connectivity index (χ4v) is 1.65. The van der Waals surface area contributed by atoms with Gasteiger partial charge in [0.25, 0.3) is 0 Å². The highest BCUT2D eigenvalue weighted by molar-refractivity contribution is 5.27. The predicted octanol–water partition coefficient (Wildman–Crippen LogP) is 2.89. The Morgan fingerprint density at radius 3 is 2.73 bits per heavy atom. The van der Waals surface area contributed by atoms with Crippen molar-refractivity contribution in [3.63, 3.8) is 0 Å². The van der Waals surface area contributed by atoms with E-state index in [-0.39, 0.29) is 6.10 Å². The zero-order chi connectivity index (χ0) is 11.1. The molecule has 0 heterocycles. The van der Waals surface area contributed by atoms with E-state index in [1.54, 1.807) is 0 Å². The number of benzene rings is 1. The van der Waals surface area contributed by atoms with E-state index in [1.807, 2.05) is 12.1 Å². The lowest BCUT2D eigenvalue weighted by atomic mass is 10.1. The van der Waals surface area contributed by atoms with Crippen LogP contribution in [0.2, 0.25) is 0 Å². The van der Waals surface area contributed by atoms with Gasteiger partial charge in [0.2, 0.25) is 0 Å². The van der Waals surface area contributed by atoms with Crippen LogP contribution in [0.4, 0.5) is 0 Å². The van der Waals surface area contributed by atoms with Gasteiger partial charge in [-0.05, 0) is 44.0 Å². The van der Waals surface area contributed by atoms with Crippen LogP contribution in [0.25, 0.3) is 0 Å². The molecule has 2 heteroatoms. The third kappa shape index (κ3) is 4.34. The molecule has 1 aromatic carbocycles. The first-order valence-electron chi connectivity index (χ1n) is 5.69. The number of rotatable bonds is 6. The monoisotopic (exact) mass is 207 g/mol. The van der Waals surface area contributed by atoms with E-state index in [0.29, 0.717) is 6.54 Å². The Balaban J connectivity index is 2.56. The van der Waals surface area contributed by atoms with Crippen LogP contribution in [0, 0.1) is 6.92 Å². The van der Waals surface area contributed by atoms with Gasteiger partial charge in [-0.15, -0.1) is 0 Å². The summed E-state index contributed by atoms with van der Waals surface area (Å²) in [6.07, 6.45) is 3.41. The van der Waals surface area contributed by atoms with Crippen molar-refractivity contribution in [3.8, 4) is 5.75 Å². The summed E-state index contributed by atoms with van der Waals surface area (Å²) in [5.74, 6) is 0.960. The highest BCUT2D eigenvalue weighted by Crippen LogP contribution is 2.17. The highest BCUT2D eigenvalue weighted by Gasteiger charge is 2.08. The van der Waals surface area contributed by atoms with Gasteiger partial charge in [0.05, 0.1) is 6.10 Å². The molecule has 1 rings (SSSR count). The smallest absolute Gasteiger partial charge is 0.119 e. The maximum Gasteiger partial charge on any atom is 0.119 e. The highest BCUT2D eigenvalue weighted by atomic mass is 16.5. The van der Waals surface area contributed by atoms with Crippen molar-refractivity contribution >= 4 is 0 Å². The van der Waals surface area contributed by atoms with E-state index >= 15 is 0 Å². The first-order valence-corrected chi connectivity index (χ1v) is 5.69. The Labute approximate surface area is 92.4 Å². The number of hydrogen-bond donors (Lipinski definition) is 1. The summed E-state index contributed by atoms with van der Waals surface area (Å²) in [6.45, 7) is 4.93. The first kappa shape index (κ1) is 12.1. The van der Waals surface area contributed by atoms with Gasteiger partial charge < -0.3 is 10.5 Å².